The molecule has 12 heteroatoms. The molecule has 1 aromatic carbocycles. The first-order valence-electron chi connectivity index (χ1n) is 15.0. The van der Waals surface area contributed by atoms with Gasteiger partial charge in [0.15, 0.2) is 0 Å². The number of nitriles is 1. The van der Waals surface area contributed by atoms with E-state index < -0.39 is 11.7 Å². The van der Waals surface area contributed by atoms with Gasteiger partial charge in [0.1, 0.15) is 5.82 Å². The van der Waals surface area contributed by atoms with Crippen molar-refractivity contribution in [2.45, 2.75) is 64.3 Å². The molecule has 2 aliphatic heterocycles. The summed E-state index contributed by atoms with van der Waals surface area (Å²) in [4.78, 5) is 30.2. The molecule has 1 saturated heterocycles. The van der Waals surface area contributed by atoms with Crippen LogP contribution in [0.4, 0.5) is 24.7 Å². The van der Waals surface area contributed by atoms with Crippen molar-refractivity contribution in [3.05, 3.63) is 53.2 Å². The second-order valence-corrected chi connectivity index (χ2v) is 12.6. The Morgan fingerprint density at radius 1 is 1.27 bits per heavy atom. The van der Waals surface area contributed by atoms with Crippen LogP contribution in [0.15, 0.2) is 30.9 Å². The number of anilines is 2. The smallest absolute Gasteiger partial charge is 0.416 e. The Labute approximate surface area is 256 Å². The van der Waals surface area contributed by atoms with Crippen molar-refractivity contribution in [1.82, 2.24) is 19.8 Å². The number of rotatable bonds is 9. The van der Waals surface area contributed by atoms with Crippen LogP contribution in [-0.4, -0.2) is 84.6 Å². The standard InChI is InChI=1S/C32H40F3N7O2/c1-6-28(43)41-15-14-40(17-23(41)10-13-36)29-24-16-21(2)42(27-9-7-8-25(22(27)3)32(33,34)35)18-26(24)37-30(38-29)44-20-31(11-12-31)19-39(4)5/h6-9,21,23H,1,10-12,14-20H2,2-5H3/t21-,23?/m1/s1. The predicted octanol–water partition coefficient (Wildman–Crippen LogP) is 4.59. The van der Waals surface area contributed by atoms with E-state index in [0.717, 1.165) is 31.0 Å². The fourth-order valence-electron chi connectivity index (χ4n) is 6.60. The molecule has 5 rings (SSSR count). The number of hydrogen-bond donors (Lipinski definition) is 0. The van der Waals surface area contributed by atoms with Gasteiger partial charge in [0.2, 0.25) is 5.91 Å². The summed E-state index contributed by atoms with van der Waals surface area (Å²) in [7, 11) is 4.07. The van der Waals surface area contributed by atoms with Gasteiger partial charge in [0, 0.05) is 48.9 Å². The lowest BCUT2D eigenvalue weighted by molar-refractivity contribution is -0.138. The number of benzene rings is 1. The van der Waals surface area contributed by atoms with Crippen LogP contribution in [0.25, 0.3) is 0 Å². The number of piperazine rings is 1. The van der Waals surface area contributed by atoms with E-state index in [0.29, 0.717) is 56.4 Å². The van der Waals surface area contributed by atoms with Gasteiger partial charge in [-0.2, -0.15) is 28.4 Å². The molecule has 0 radical (unpaired) electrons. The van der Waals surface area contributed by atoms with Crippen LogP contribution in [0.2, 0.25) is 0 Å². The molecule has 9 nitrogen and oxygen atoms in total. The average Bonchev–Trinajstić information content (AvgIpc) is 3.73. The van der Waals surface area contributed by atoms with Gasteiger partial charge in [0.05, 0.1) is 42.9 Å². The SMILES string of the molecule is C=CC(=O)N1CCN(c2nc(OCC3(CN(C)C)CC3)nc3c2C[C@@H](C)N(c2cccc(C(F)(F)F)c2C)C3)CC1CC#N. The topological polar surface area (TPSA) is 88.8 Å². The third kappa shape index (κ3) is 6.48. The molecule has 0 bridgehead atoms. The quantitative estimate of drug-likeness (QED) is 0.381. The first-order chi connectivity index (χ1) is 20.9. The van der Waals surface area contributed by atoms with Crippen LogP contribution < -0.4 is 14.5 Å². The summed E-state index contributed by atoms with van der Waals surface area (Å²) in [5, 5.41) is 9.51. The molecule has 1 aromatic heterocycles. The Hall–Kier alpha value is -3.85. The van der Waals surface area contributed by atoms with Gasteiger partial charge in [-0.05, 0) is 71.0 Å². The first kappa shape index (κ1) is 31.6. The molecule has 3 aliphatic rings. The third-order valence-electron chi connectivity index (χ3n) is 9.01. The molecule has 3 heterocycles. The van der Waals surface area contributed by atoms with Crippen molar-refractivity contribution < 1.29 is 22.7 Å². The number of aromatic nitrogens is 2. The lowest BCUT2D eigenvalue weighted by Crippen LogP contribution is -2.55. The number of nitrogens with zero attached hydrogens (tertiary/aromatic N) is 7. The minimum absolute atomic E-state index is 0.0488. The van der Waals surface area contributed by atoms with Crippen molar-refractivity contribution in [2.24, 2.45) is 5.41 Å². The fourth-order valence-corrected chi connectivity index (χ4v) is 6.60. The van der Waals surface area contributed by atoms with E-state index in [4.69, 9.17) is 14.7 Å². The number of ether oxygens (including phenoxy) is 1. The Balaban J connectivity index is 1.51. The van der Waals surface area contributed by atoms with E-state index >= 15 is 0 Å². The van der Waals surface area contributed by atoms with E-state index in [2.05, 4.69) is 22.4 Å². The van der Waals surface area contributed by atoms with Gasteiger partial charge in [-0.15, -0.1) is 0 Å². The maximum atomic E-state index is 13.8. The van der Waals surface area contributed by atoms with Crippen molar-refractivity contribution in [1.29, 1.82) is 5.26 Å². The molecule has 0 N–H and O–H groups in total. The Bertz CT molecular complexity index is 1450. The Morgan fingerprint density at radius 2 is 2.02 bits per heavy atom. The van der Waals surface area contributed by atoms with E-state index in [1.807, 2.05) is 25.9 Å². The highest BCUT2D eigenvalue weighted by Gasteiger charge is 2.44. The van der Waals surface area contributed by atoms with E-state index in [9.17, 15) is 23.2 Å². The fraction of sp³-hybridized carbons (Fsp3) is 0.562. The van der Waals surface area contributed by atoms with E-state index in [-0.39, 0.29) is 41.4 Å². The molecule has 1 amide bonds. The Morgan fingerprint density at radius 3 is 2.66 bits per heavy atom. The summed E-state index contributed by atoms with van der Waals surface area (Å²) in [5.41, 5.74) is 1.73. The van der Waals surface area contributed by atoms with Crippen molar-refractivity contribution in [2.75, 3.05) is 56.7 Å². The lowest BCUT2D eigenvalue weighted by Gasteiger charge is -2.43. The van der Waals surface area contributed by atoms with Gasteiger partial charge in [-0.3, -0.25) is 4.79 Å². The van der Waals surface area contributed by atoms with E-state index in [1.54, 1.807) is 11.0 Å². The molecule has 1 aliphatic carbocycles. The second-order valence-electron chi connectivity index (χ2n) is 12.6. The largest absolute Gasteiger partial charge is 0.463 e. The highest BCUT2D eigenvalue weighted by atomic mass is 19.4. The first-order valence-corrected chi connectivity index (χ1v) is 15.0. The number of alkyl halides is 3. The summed E-state index contributed by atoms with van der Waals surface area (Å²) >= 11 is 0. The minimum Gasteiger partial charge on any atom is -0.463 e. The minimum atomic E-state index is -4.45. The van der Waals surface area contributed by atoms with Crippen LogP contribution in [0.1, 0.15) is 48.6 Å². The summed E-state index contributed by atoms with van der Waals surface area (Å²) in [5.74, 6) is 0.485. The molecule has 1 saturated carbocycles. The lowest BCUT2D eigenvalue weighted by atomic mass is 9.95. The van der Waals surface area contributed by atoms with Gasteiger partial charge < -0.3 is 24.3 Å². The molecular weight excluding hydrogens is 571 g/mol. The van der Waals surface area contributed by atoms with Crippen LogP contribution in [0.3, 0.4) is 0 Å². The number of fused-ring (bicyclic) bond motifs is 1. The van der Waals surface area contributed by atoms with Crippen molar-refractivity contribution in [3.63, 3.8) is 0 Å². The normalized spacial score (nSPS) is 21.1. The zero-order valence-corrected chi connectivity index (χ0v) is 25.8. The van der Waals surface area contributed by atoms with Gasteiger partial charge >= 0.3 is 12.2 Å². The Kier molecular flexibility index (Phi) is 8.80. The van der Waals surface area contributed by atoms with Crippen molar-refractivity contribution in [3.8, 4) is 12.1 Å². The van der Waals surface area contributed by atoms with Crippen LogP contribution in [0.5, 0.6) is 6.01 Å². The molecular formula is C32H40F3N7O2. The van der Waals surface area contributed by atoms with Crippen LogP contribution >= 0.6 is 0 Å². The zero-order valence-electron chi connectivity index (χ0n) is 25.8. The number of amides is 1. The molecule has 236 valence electrons. The molecule has 2 atom stereocenters. The maximum Gasteiger partial charge on any atom is 0.416 e. The summed E-state index contributed by atoms with van der Waals surface area (Å²) < 4.78 is 47.6. The third-order valence-corrected chi connectivity index (χ3v) is 9.01. The van der Waals surface area contributed by atoms with Gasteiger partial charge in [-0.1, -0.05) is 12.6 Å². The average molecular weight is 612 g/mol. The molecule has 1 unspecified atom stereocenters. The summed E-state index contributed by atoms with van der Waals surface area (Å²) in [6, 6.07) is 6.26. The highest BCUT2D eigenvalue weighted by Crippen LogP contribution is 2.46. The zero-order chi connectivity index (χ0) is 31.8. The number of halogens is 3. The predicted molar refractivity (Wildman–Crippen MR) is 161 cm³/mol. The summed E-state index contributed by atoms with van der Waals surface area (Å²) in [6.07, 6.45) is -0.394. The maximum absolute atomic E-state index is 13.8. The van der Waals surface area contributed by atoms with Crippen LogP contribution in [0, 0.1) is 23.7 Å². The molecule has 44 heavy (non-hydrogen) atoms. The van der Waals surface area contributed by atoms with Crippen LogP contribution in [-0.2, 0) is 23.9 Å². The van der Waals surface area contributed by atoms with Crippen molar-refractivity contribution >= 4 is 17.4 Å². The number of carbonyl (C=O) groups excluding carboxylic acids is 1. The number of hydrogen-bond acceptors (Lipinski definition) is 8. The second kappa shape index (κ2) is 12.3. The molecule has 0 spiro atoms. The van der Waals surface area contributed by atoms with E-state index in [1.165, 1.54) is 19.1 Å². The molecule has 2 aromatic rings. The number of carbonyl (C=O) groups is 1. The highest BCUT2D eigenvalue weighted by molar-refractivity contribution is 5.87. The summed E-state index contributed by atoms with van der Waals surface area (Å²) in [6.45, 7) is 10.1. The molecule has 2 fully saturated rings. The van der Waals surface area contributed by atoms with Gasteiger partial charge in [-0.25, -0.2) is 0 Å². The van der Waals surface area contributed by atoms with Gasteiger partial charge in [0.25, 0.3) is 0 Å². The monoisotopic (exact) mass is 611 g/mol.